The second-order valence-electron chi connectivity index (χ2n) is 4.08. The number of methoxy groups -OCH3 is 1. The highest BCUT2D eigenvalue weighted by atomic mass is 16.5. The molecule has 0 aromatic rings. The molecule has 84 valence electrons. The van der Waals surface area contributed by atoms with Crippen molar-refractivity contribution in [2.75, 3.05) is 20.7 Å². The van der Waals surface area contributed by atoms with Crippen LogP contribution in [0.5, 0.6) is 0 Å². The average molecular weight is 203 g/mol. The van der Waals surface area contributed by atoms with Crippen LogP contribution in [0.25, 0.3) is 0 Å². The third-order valence-corrected chi connectivity index (χ3v) is 2.25. The maximum atomic E-state index is 11.7. The van der Waals surface area contributed by atoms with E-state index < -0.39 is 5.60 Å². The van der Waals surface area contributed by atoms with E-state index in [2.05, 4.69) is 0 Å². The number of carbonyl (C=O) groups is 1. The van der Waals surface area contributed by atoms with Gasteiger partial charge >= 0.3 is 0 Å². The van der Waals surface area contributed by atoms with Crippen LogP contribution in [-0.2, 0) is 9.53 Å². The summed E-state index contributed by atoms with van der Waals surface area (Å²) in [5, 5.41) is 9.07. The van der Waals surface area contributed by atoms with Crippen molar-refractivity contribution < 1.29 is 14.6 Å². The molecule has 0 bridgehead atoms. The van der Waals surface area contributed by atoms with Gasteiger partial charge in [0.1, 0.15) is 5.60 Å². The summed E-state index contributed by atoms with van der Waals surface area (Å²) in [6.07, 6.45) is 0.207. The fourth-order valence-corrected chi connectivity index (χ4v) is 1.03. The summed E-state index contributed by atoms with van der Waals surface area (Å²) in [5.74, 6) is -0.0688. The van der Waals surface area contributed by atoms with Gasteiger partial charge in [-0.25, -0.2) is 0 Å². The van der Waals surface area contributed by atoms with E-state index in [9.17, 15) is 4.79 Å². The van der Waals surface area contributed by atoms with Crippen LogP contribution < -0.4 is 0 Å². The van der Waals surface area contributed by atoms with Gasteiger partial charge in [0.05, 0.1) is 6.10 Å². The molecule has 14 heavy (non-hydrogen) atoms. The van der Waals surface area contributed by atoms with E-state index in [1.54, 1.807) is 32.7 Å². The van der Waals surface area contributed by atoms with Crippen LogP contribution in [0.2, 0.25) is 0 Å². The monoisotopic (exact) mass is 203 g/mol. The number of likely N-dealkylation sites (N-methyl/N-ethyl adjacent to an activating group) is 1. The van der Waals surface area contributed by atoms with E-state index in [-0.39, 0.29) is 12.0 Å². The molecule has 1 atom stereocenters. The third kappa shape index (κ3) is 4.07. The van der Waals surface area contributed by atoms with Crippen LogP contribution in [0.15, 0.2) is 0 Å². The van der Waals surface area contributed by atoms with Gasteiger partial charge in [-0.15, -0.1) is 0 Å². The van der Waals surface area contributed by atoms with Gasteiger partial charge in [0, 0.05) is 20.7 Å². The Kier molecular flexibility index (Phi) is 5.08. The average Bonchev–Trinajstić information content (AvgIpc) is 2.12. The molecule has 0 aromatic heterocycles. The van der Waals surface area contributed by atoms with Crippen molar-refractivity contribution in [1.29, 1.82) is 0 Å². The Balaban J connectivity index is 4.12. The second kappa shape index (κ2) is 5.32. The van der Waals surface area contributed by atoms with Gasteiger partial charge in [-0.05, 0) is 27.2 Å². The number of rotatable bonds is 5. The molecule has 0 rings (SSSR count). The van der Waals surface area contributed by atoms with Gasteiger partial charge in [0.2, 0.25) is 0 Å². The van der Waals surface area contributed by atoms with E-state index in [1.807, 2.05) is 0 Å². The van der Waals surface area contributed by atoms with Crippen LogP contribution in [0.4, 0.5) is 0 Å². The minimum absolute atomic E-state index is 0.0688. The fourth-order valence-electron chi connectivity index (χ4n) is 1.03. The first-order valence-electron chi connectivity index (χ1n) is 4.80. The summed E-state index contributed by atoms with van der Waals surface area (Å²) in [6, 6.07) is 0. The van der Waals surface area contributed by atoms with E-state index in [4.69, 9.17) is 9.84 Å². The summed E-state index contributed by atoms with van der Waals surface area (Å²) in [7, 11) is 3.23. The van der Waals surface area contributed by atoms with Crippen LogP contribution >= 0.6 is 0 Å². The van der Waals surface area contributed by atoms with Crippen molar-refractivity contribution in [3.63, 3.8) is 0 Å². The molecular weight excluding hydrogens is 182 g/mol. The van der Waals surface area contributed by atoms with Crippen LogP contribution in [0.1, 0.15) is 27.2 Å². The molecule has 0 saturated carbocycles. The second-order valence-corrected chi connectivity index (χ2v) is 4.08. The van der Waals surface area contributed by atoms with Crippen molar-refractivity contribution >= 4 is 5.91 Å². The SMILES string of the molecule is COC(C)(C)C(=O)N(C)CCC(C)O. The van der Waals surface area contributed by atoms with E-state index in [1.165, 1.54) is 7.11 Å². The number of aliphatic hydroxyl groups is 1. The van der Waals surface area contributed by atoms with Crippen molar-refractivity contribution in [2.24, 2.45) is 0 Å². The Morgan fingerprint density at radius 1 is 1.57 bits per heavy atom. The summed E-state index contributed by atoms with van der Waals surface area (Å²) < 4.78 is 5.07. The van der Waals surface area contributed by atoms with Gasteiger partial charge in [0.15, 0.2) is 0 Å². The minimum Gasteiger partial charge on any atom is -0.393 e. The lowest BCUT2D eigenvalue weighted by molar-refractivity contribution is -0.149. The van der Waals surface area contributed by atoms with Gasteiger partial charge in [-0.2, -0.15) is 0 Å². The molecule has 1 N–H and O–H groups in total. The van der Waals surface area contributed by atoms with Crippen molar-refractivity contribution in [1.82, 2.24) is 4.90 Å². The summed E-state index contributed by atoms with van der Waals surface area (Å²) in [5.41, 5.74) is -0.784. The van der Waals surface area contributed by atoms with Gasteiger partial charge in [-0.1, -0.05) is 0 Å². The Bertz CT molecular complexity index is 190. The number of nitrogens with zero attached hydrogens (tertiary/aromatic N) is 1. The molecule has 0 saturated heterocycles. The van der Waals surface area contributed by atoms with E-state index in [0.717, 1.165) is 0 Å². The van der Waals surface area contributed by atoms with Crippen LogP contribution in [0, 0.1) is 0 Å². The quantitative estimate of drug-likeness (QED) is 0.713. The first-order chi connectivity index (χ1) is 6.31. The lowest BCUT2D eigenvalue weighted by Gasteiger charge is -2.28. The molecule has 0 aromatic carbocycles. The number of ether oxygens (including phenoxy) is 1. The summed E-state index contributed by atoms with van der Waals surface area (Å²) >= 11 is 0. The summed E-state index contributed by atoms with van der Waals surface area (Å²) in [4.78, 5) is 13.3. The van der Waals surface area contributed by atoms with E-state index >= 15 is 0 Å². The highest BCUT2D eigenvalue weighted by Gasteiger charge is 2.29. The van der Waals surface area contributed by atoms with Gasteiger partial charge < -0.3 is 14.7 Å². The van der Waals surface area contributed by atoms with E-state index in [0.29, 0.717) is 13.0 Å². The molecule has 0 aliphatic rings. The lowest BCUT2D eigenvalue weighted by Crippen LogP contribution is -2.45. The molecule has 0 radical (unpaired) electrons. The Morgan fingerprint density at radius 3 is 2.43 bits per heavy atom. The number of amides is 1. The number of carbonyl (C=O) groups excluding carboxylic acids is 1. The normalized spacial score (nSPS) is 13.9. The first kappa shape index (κ1) is 13.4. The molecule has 0 heterocycles. The minimum atomic E-state index is -0.784. The first-order valence-corrected chi connectivity index (χ1v) is 4.80. The third-order valence-electron chi connectivity index (χ3n) is 2.25. The zero-order valence-electron chi connectivity index (χ0n) is 9.70. The summed E-state index contributed by atoms with van der Waals surface area (Å²) in [6.45, 7) is 5.71. The largest absolute Gasteiger partial charge is 0.393 e. The van der Waals surface area contributed by atoms with Crippen molar-refractivity contribution in [2.45, 2.75) is 38.9 Å². The standard InChI is InChI=1S/C10H21NO3/c1-8(12)6-7-11(4)9(13)10(2,3)14-5/h8,12H,6-7H2,1-5H3. The van der Waals surface area contributed by atoms with Crippen LogP contribution in [-0.4, -0.2) is 48.3 Å². The Hall–Kier alpha value is -0.610. The molecule has 1 unspecified atom stereocenters. The molecule has 0 aliphatic carbocycles. The number of hydrogen-bond acceptors (Lipinski definition) is 3. The number of aliphatic hydroxyl groups excluding tert-OH is 1. The fraction of sp³-hybridized carbons (Fsp3) is 0.900. The predicted molar refractivity (Wildman–Crippen MR) is 55.0 cm³/mol. The zero-order chi connectivity index (χ0) is 11.4. The lowest BCUT2D eigenvalue weighted by atomic mass is 10.1. The molecule has 4 heteroatoms. The molecule has 1 amide bonds. The maximum absolute atomic E-state index is 11.7. The molecule has 0 aliphatic heterocycles. The number of hydrogen-bond donors (Lipinski definition) is 1. The predicted octanol–water partition coefficient (Wildman–Crippen LogP) is 0.641. The van der Waals surface area contributed by atoms with Crippen LogP contribution in [0.3, 0.4) is 0 Å². The van der Waals surface area contributed by atoms with Crippen molar-refractivity contribution in [3.05, 3.63) is 0 Å². The van der Waals surface area contributed by atoms with Crippen molar-refractivity contribution in [3.8, 4) is 0 Å². The Morgan fingerprint density at radius 2 is 2.07 bits per heavy atom. The topological polar surface area (TPSA) is 49.8 Å². The highest BCUT2D eigenvalue weighted by Crippen LogP contribution is 2.11. The zero-order valence-corrected chi connectivity index (χ0v) is 9.70. The molecule has 0 fully saturated rings. The smallest absolute Gasteiger partial charge is 0.253 e. The maximum Gasteiger partial charge on any atom is 0.253 e. The van der Waals surface area contributed by atoms with Gasteiger partial charge in [0.25, 0.3) is 5.91 Å². The molecular formula is C10H21NO3. The van der Waals surface area contributed by atoms with Gasteiger partial charge in [-0.3, -0.25) is 4.79 Å². The highest BCUT2D eigenvalue weighted by molar-refractivity contribution is 5.84. The molecule has 0 spiro atoms. The Labute approximate surface area is 85.9 Å². The molecule has 4 nitrogen and oxygen atoms in total.